The molecule has 0 aromatic rings. The van der Waals surface area contributed by atoms with E-state index in [-0.39, 0.29) is 11.9 Å². The van der Waals surface area contributed by atoms with Gasteiger partial charge in [0.1, 0.15) is 0 Å². The number of rotatable bonds is 2. The average molecular weight is 198 g/mol. The molecule has 1 fully saturated rings. The normalized spacial score (nSPS) is 20.7. The van der Waals surface area contributed by atoms with Crippen LogP contribution < -0.4 is 0 Å². The Hall–Kier alpha value is -0.890. The smallest absolute Gasteiger partial charge is 0.332 e. The van der Waals surface area contributed by atoms with E-state index in [1.54, 1.807) is 7.05 Å². The Bertz CT molecular complexity index is 275. The Kier molecular flexibility index (Phi) is 3.04. The second kappa shape index (κ2) is 3.88. The highest BCUT2D eigenvalue weighted by atomic mass is 31.0. The predicted molar refractivity (Wildman–Crippen MR) is 55.1 cm³/mol. The Labute approximate surface area is 80.4 Å². The lowest BCUT2D eigenvalue weighted by Crippen LogP contribution is -2.24. The molecule has 72 valence electrons. The summed E-state index contributed by atoms with van der Waals surface area (Å²) >= 11 is 0. The van der Waals surface area contributed by atoms with Crippen LogP contribution in [-0.4, -0.2) is 28.5 Å². The maximum atomic E-state index is 11.3. The number of hydrogen-bond acceptors (Lipinski definition) is 2. The Morgan fingerprint density at radius 2 is 2.31 bits per heavy atom. The highest BCUT2D eigenvalue weighted by Gasteiger charge is 2.32. The Morgan fingerprint density at radius 1 is 1.69 bits per heavy atom. The van der Waals surface area contributed by atoms with Gasteiger partial charge in [0.2, 0.25) is 0 Å². The first kappa shape index (κ1) is 10.2. The third kappa shape index (κ3) is 1.73. The summed E-state index contributed by atoms with van der Waals surface area (Å²) in [4.78, 5) is 12.6. The highest BCUT2D eigenvalue weighted by Crippen LogP contribution is 2.23. The van der Waals surface area contributed by atoms with Gasteiger partial charge in [-0.15, -0.1) is 0 Å². The minimum atomic E-state index is -0.190. The molecule has 0 bridgehead atoms. The van der Waals surface area contributed by atoms with Crippen molar-refractivity contribution in [2.24, 2.45) is 0 Å². The third-order valence-electron chi connectivity index (χ3n) is 1.87. The summed E-state index contributed by atoms with van der Waals surface area (Å²) in [7, 11) is 3.90. The van der Waals surface area contributed by atoms with Gasteiger partial charge in [0, 0.05) is 7.05 Å². The Morgan fingerprint density at radius 3 is 2.69 bits per heavy atom. The van der Waals surface area contributed by atoms with Crippen molar-refractivity contribution in [3.8, 4) is 0 Å². The van der Waals surface area contributed by atoms with Crippen LogP contribution >= 0.6 is 9.39 Å². The molecule has 0 spiro atoms. The fourth-order valence-corrected chi connectivity index (χ4v) is 1.48. The fraction of sp³-hybridized carbons (Fsp3) is 0.375. The maximum Gasteiger partial charge on any atom is 0.332 e. The zero-order valence-corrected chi connectivity index (χ0v) is 8.73. The van der Waals surface area contributed by atoms with E-state index in [9.17, 15) is 4.79 Å². The molecule has 0 saturated carbocycles. The summed E-state index contributed by atoms with van der Waals surface area (Å²) in [5.41, 5.74) is 0.640. The molecule has 0 aromatic heterocycles. The predicted octanol–water partition coefficient (Wildman–Crippen LogP) is 1.62. The van der Waals surface area contributed by atoms with Crippen LogP contribution in [0.3, 0.4) is 0 Å². The topological polar surface area (TPSA) is 47.4 Å². The summed E-state index contributed by atoms with van der Waals surface area (Å²) in [5, 5.41) is 7.61. The maximum absolute atomic E-state index is 11.3. The van der Waals surface area contributed by atoms with Crippen molar-refractivity contribution in [2.45, 2.75) is 12.8 Å². The summed E-state index contributed by atoms with van der Waals surface area (Å²) in [6.45, 7) is 3.70. The second-order valence-corrected chi connectivity index (χ2v) is 3.31. The van der Waals surface area contributed by atoms with Crippen molar-refractivity contribution in [3.05, 3.63) is 18.7 Å². The summed E-state index contributed by atoms with van der Waals surface area (Å²) in [6, 6.07) is -0.190. The molecular formula is C8H13N3OP-. The number of carbonyl (C=O) groups excluding carboxylic acids is 1. The molecule has 4 nitrogen and oxygen atoms in total. The van der Waals surface area contributed by atoms with E-state index in [1.807, 2.05) is 6.08 Å². The molecular weight excluding hydrogens is 185 g/mol. The summed E-state index contributed by atoms with van der Waals surface area (Å²) in [5.74, 6) is 0.244. The number of hydrogen-bond donors (Lipinski definition) is 1. The minimum Gasteiger partial charge on any atom is -0.343 e. The molecule has 0 aliphatic carbocycles. The molecule has 1 unspecified atom stereocenters. The summed E-state index contributed by atoms with van der Waals surface area (Å²) in [6.07, 6.45) is 3.40. The van der Waals surface area contributed by atoms with Crippen molar-refractivity contribution in [1.29, 1.82) is 5.41 Å². The van der Waals surface area contributed by atoms with Gasteiger partial charge in [-0.3, -0.25) is 15.0 Å². The van der Waals surface area contributed by atoms with Crippen LogP contribution in [0.15, 0.2) is 11.8 Å². The van der Waals surface area contributed by atoms with Crippen LogP contribution in [0.1, 0.15) is 12.8 Å². The van der Waals surface area contributed by atoms with Gasteiger partial charge in [-0.2, -0.15) is 6.42 Å². The van der Waals surface area contributed by atoms with E-state index in [2.05, 4.69) is 16.3 Å². The number of nitrogens with zero attached hydrogens (tertiary/aromatic N) is 2. The van der Waals surface area contributed by atoms with Crippen molar-refractivity contribution in [2.75, 3.05) is 7.05 Å². The molecule has 1 atom stereocenters. The molecule has 1 heterocycles. The number of urea groups is 1. The van der Waals surface area contributed by atoms with Gasteiger partial charge < -0.3 is 6.92 Å². The number of amidine groups is 1. The van der Waals surface area contributed by atoms with Crippen molar-refractivity contribution >= 4 is 21.3 Å². The van der Waals surface area contributed by atoms with E-state index in [1.165, 1.54) is 9.57 Å². The van der Waals surface area contributed by atoms with Crippen LogP contribution in [0.25, 0.3) is 0 Å². The van der Waals surface area contributed by atoms with Crippen LogP contribution in [0.5, 0.6) is 0 Å². The van der Waals surface area contributed by atoms with Gasteiger partial charge in [0.05, 0.1) is 5.70 Å². The van der Waals surface area contributed by atoms with Gasteiger partial charge in [-0.25, -0.2) is 4.79 Å². The largest absolute Gasteiger partial charge is 0.343 e. The molecule has 0 radical (unpaired) electrons. The average Bonchev–Trinajstić information content (AvgIpc) is 2.30. The lowest BCUT2D eigenvalue weighted by molar-refractivity contribution is 0.223. The van der Waals surface area contributed by atoms with E-state index in [0.717, 1.165) is 12.8 Å². The lowest BCUT2D eigenvalue weighted by atomic mass is 10.2. The van der Waals surface area contributed by atoms with Crippen molar-refractivity contribution in [1.82, 2.24) is 9.57 Å². The molecule has 1 saturated heterocycles. The first-order chi connectivity index (χ1) is 6.09. The molecule has 2 amide bonds. The number of unbranched alkanes of at least 4 members (excludes halogenated alkanes) is 1. The summed E-state index contributed by atoms with van der Waals surface area (Å²) < 4.78 is 1.40. The zero-order chi connectivity index (χ0) is 10.0. The Balaban J connectivity index is 2.87. The molecule has 1 rings (SSSR count). The first-order valence-corrected chi connectivity index (χ1v) is 4.52. The fourth-order valence-electron chi connectivity index (χ4n) is 1.08. The quantitative estimate of drug-likeness (QED) is 0.532. The van der Waals surface area contributed by atoms with E-state index < -0.39 is 0 Å². The molecule has 5 heteroatoms. The van der Waals surface area contributed by atoms with E-state index >= 15 is 0 Å². The minimum absolute atomic E-state index is 0.190. The van der Waals surface area contributed by atoms with E-state index in [4.69, 9.17) is 5.41 Å². The number of carbonyl (C=O) groups is 1. The SMILES string of the molecule is [CH2-]CC/C=C1\C(=N)N(C)C(=O)N1P. The number of allylic oxidation sites excluding steroid dienone is 1. The monoisotopic (exact) mass is 198 g/mol. The van der Waals surface area contributed by atoms with Gasteiger partial charge in [-0.1, -0.05) is 12.5 Å². The van der Waals surface area contributed by atoms with Gasteiger partial charge in [-0.05, 0) is 9.39 Å². The van der Waals surface area contributed by atoms with Gasteiger partial charge >= 0.3 is 6.03 Å². The standard InChI is InChI=1S/C8H13N3OP/c1-3-4-5-6-7(9)10(2)8(12)11(6)13/h5,9H,1,3-4,13H2,2H3/q-1/b6-5+,9-7?. The van der Waals surface area contributed by atoms with Gasteiger partial charge in [0.15, 0.2) is 5.84 Å². The number of amides is 2. The number of likely N-dealkylation sites (N-methyl/N-ethyl adjacent to an activating group) is 1. The van der Waals surface area contributed by atoms with E-state index in [0.29, 0.717) is 5.70 Å². The van der Waals surface area contributed by atoms with Crippen LogP contribution in [0.4, 0.5) is 4.79 Å². The highest BCUT2D eigenvalue weighted by molar-refractivity contribution is 7.15. The van der Waals surface area contributed by atoms with Crippen molar-refractivity contribution in [3.63, 3.8) is 0 Å². The molecule has 1 aliphatic rings. The zero-order valence-electron chi connectivity index (χ0n) is 7.58. The van der Waals surface area contributed by atoms with Crippen molar-refractivity contribution < 1.29 is 4.79 Å². The number of nitrogens with one attached hydrogen (secondary N) is 1. The van der Waals surface area contributed by atoms with Gasteiger partial charge in [0.25, 0.3) is 0 Å². The second-order valence-electron chi connectivity index (χ2n) is 2.79. The molecule has 1 aliphatic heterocycles. The molecule has 13 heavy (non-hydrogen) atoms. The van der Waals surface area contributed by atoms with Crippen LogP contribution in [0, 0.1) is 12.3 Å². The van der Waals surface area contributed by atoms with Crippen LogP contribution in [0.2, 0.25) is 0 Å². The first-order valence-electron chi connectivity index (χ1n) is 4.00. The third-order valence-corrected chi connectivity index (χ3v) is 2.37. The van der Waals surface area contributed by atoms with Crippen LogP contribution in [-0.2, 0) is 0 Å². The molecule has 0 aromatic carbocycles. The molecule has 1 N–H and O–H groups in total. The lowest BCUT2D eigenvalue weighted by Gasteiger charge is -2.07.